The molecule has 0 aliphatic rings. The molecule has 0 amide bonds. The highest BCUT2D eigenvalue weighted by Crippen LogP contribution is 2.21. The molecule has 2 rings (SSSR count). The number of fused-ring (bicyclic) bond motifs is 1. The van der Waals surface area contributed by atoms with Crippen molar-refractivity contribution in [2.75, 3.05) is 7.11 Å². The van der Waals surface area contributed by atoms with Crippen molar-refractivity contribution in [1.82, 2.24) is 9.78 Å². The zero-order valence-electron chi connectivity index (χ0n) is 7.20. The Labute approximate surface area is 80.9 Å². The van der Waals surface area contributed by atoms with Crippen LogP contribution in [0.15, 0.2) is 24.3 Å². The molecule has 1 aromatic heterocycles. The number of methoxy groups -OCH3 is 1. The van der Waals surface area contributed by atoms with Gasteiger partial charge in [-0.2, -0.15) is 5.10 Å². The second kappa shape index (κ2) is 3.36. The summed E-state index contributed by atoms with van der Waals surface area (Å²) in [6, 6.07) is 7.80. The summed E-state index contributed by atoms with van der Waals surface area (Å²) < 4.78 is 6.72. The molecule has 68 valence electrons. The van der Waals surface area contributed by atoms with Gasteiger partial charge in [0.05, 0.1) is 5.52 Å². The van der Waals surface area contributed by atoms with Crippen molar-refractivity contribution in [1.29, 1.82) is 0 Å². The first-order valence-electron chi connectivity index (χ1n) is 3.93. The first kappa shape index (κ1) is 8.53. The van der Waals surface area contributed by atoms with E-state index in [0.29, 0.717) is 11.9 Å². The SMILES string of the molecule is COCn1nc(Cl)c2ccccc21. The van der Waals surface area contributed by atoms with E-state index >= 15 is 0 Å². The van der Waals surface area contributed by atoms with Gasteiger partial charge in [-0.15, -0.1) is 0 Å². The fourth-order valence-corrected chi connectivity index (χ4v) is 1.56. The summed E-state index contributed by atoms with van der Waals surface area (Å²) >= 11 is 5.93. The lowest BCUT2D eigenvalue weighted by Gasteiger charge is -1.99. The van der Waals surface area contributed by atoms with E-state index in [9.17, 15) is 0 Å². The van der Waals surface area contributed by atoms with Crippen LogP contribution in [-0.4, -0.2) is 16.9 Å². The fourth-order valence-electron chi connectivity index (χ4n) is 1.31. The third-order valence-electron chi connectivity index (χ3n) is 1.86. The van der Waals surface area contributed by atoms with Crippen molar-refractivity contribution < 1.29 is 4.74 Å². The van der Waals surface area contributed by atoms with Crippen LogP contribution in [0.3, 0.4) is 0 Å². The van der Waals surface area contributed by atoms with E-state index in [1.54, 1.807) is 11.8 Å². The Kier molecular flexibility index (Phi) is 2.20. The van der Waals surface area contributed by atoms with Gasteiger partial charge < -0.3 is 4.74 Å². The van der Waals surface area contributed by atoms with Gasteiger partial charge in [-0.3, -0.25) is 0 Å². The summed E-state index contributed by atoms with van der Waals surface area (Å²) in [7, 11) is 1.63. The predicted molar refractivity (Wildman–Crippen MR) is 51.8 cm³/mol. The van der Waals surface area contributed by atoms with Crippen LogP contribution in [0, 0.1) is 0 Å². The topological polar surface area (TPSA) is 27.1 Å². The van der Waals surface area contributed by atoms with Crippen molar-refractivity contribution in [2.45, 2.75) is 6.73 Å². The predicted octanol–water partition coefficient (Wildman–Crippen LogP) is 2.29. The summed E-state index contributed by atoms with van der Waals surface area (Å²) in [5, 5.41) is 5.62. The smallest absolute Gasteiger partial charge is 0.159 e. The first-order valence-corrected chi connectivity index (χ1v) is 4.30. The van der Waals surface area contributed by atoms with E-state index in [4.69, 9.17) is 16.3 Å². The first-order chi connectivity index (χ1) is 6.33. The highest BCUT2D eigenvalue weighted by molar-refractivity contribution is 6.34. The molecule has 0 radical (unpaired) electrons. The molecule has 0 saturated heterocycles. The summed E-state index contributed by atoms with van der Waals surface area (Å²) in [6.07, 6.45) is 0. The van der Waals surface area contributed by atoms with E-state index in [-0.39, 0.29) is 0 Å². The minimum atomic E-state index is 0.424. The molecular weight excluding hydrogens is 188 g/mol. The Morgan fingerprint density at radius 1 is 1.46 bits per heavy atom. The van der Waals surface area contributed by atoms with Gasteiger partial charge in [-0.25, -0.2) is 4.68 Å². The van der Waals surface area contributed by atoms with Crippen molar-refractivity contribution >= 4 is 22.5 Å². The Morgan fingerprint density at radius 3 is 3.00 bits per heavy atom. The Balaban J connectivity index is 2.63. The van der Waals surface area contributed by atoms with Crippen LogP contribution >= 0.6 is 11.6 Å². The van der Waals surface area contributed by atoms with Gasteiger partial charge in [-0.05, 0) is 12.1 Å². The number of para-hydroxylation sites is 1. The van der Waals surface area contributed by atoms with Gasteiger partial charge in [0.2, 0.25) is 0 Å². The molecule has 0 fully saturated rings. The largest absolute Gasteiger partial charge is 0.362 e. The van der Waals surface area contributed by atoms with E-state index in [0.717, 1.165) is 10.9 Å². The molecule has 1 aromatic carbocycles. The monoisotopic (exact) mass is 196 g/mol. The average molecular weight is 197 g/mol. The van der Waals surface area contributed by atoms with E-state index in [1.165, 1.54) is 0 Å². The van der Waals surface area contributed by atoms with Crippen molar-refractivity contribution in [3.63, 3.8) is 0 Å². The lowest BCUT2D eigenvalue weighted by Crippen LogP contribution is -2.00. The van der Waals surface area contributed by atoms with Gasteiger partial charge in [0.25, 0.3) is 0 Å². The molecule has 13 heavy (non-hydrogen) atoms. The van der Waals surface area contributed by atoms with Gasteiger partial charge >= 0.3 is 0 Å². The zero-order valence-corrected chi connectivity index (χ0v) is 7.95. The van der Waals surface area contributed by atoms with Crippen molar-refractivity contribution in [3.05, 3.63) is 29.4 Å². The number of halogens is 1. The highest BCUT2D eigenvalue weighted by atomic mass is 35.5. The number of nitrogens with zero attached hydrogens (tertiary/aromatic N) is 2. The Bertz CT molecular complexity index is 424. The molecule has 3 nitrogen and oxygen atoms in total. The number of ether oxygens (including phenoxy) is 1. The van der Waals surface area contributed by atoms with Gasteiger partial charge in [0, 0.05) is 12.5 Å². The normalized spacial score (nSPS) is 10.9. The van der Waals surface area contributed by atoms with E-state index < -0.39 is 0 Å². The molecule has 1 heterocycles. The van der Waals surface area contributed by atoms with Crippen LogP contribution in [0.25, 0.3) is 10.9 Å². The van der Waals surface area contributed by atoms with Gasteiger partial charge in [-0.1, -0.05) is 23.7 Å². The Hall–Kier alpha value is -1.06. The lowest BCUT2D eigenvalue weighted by atomic mass is 10.3. The Morgan fingerprint density at radius 2 is 2.23 bits per heavy atom. The number of rotatable bonds is 2. The van der Waals surface area contributed by atoms with Crippen LogP contribution in [0.4, 0.5) is 0 Å². The third kappa shape index (κ3) is 1.41. The summed E-state index contributed by atoms with van der Waals surface area (Å²) in [5.74, 6) is 0. The average Bonchev–Trinajstić information content (AvgIpc) is 2.46. The molecule has 0 aliphatic heterocycles. The van der Waals surface area contributed by atoms with Crippen molar-refractivity contribution in [2.24, 2.45) is 0 Å². The van der Waals surface area contributed by atoms with Gasteiger partial charge in [0.15, 0.2) is 5.15 Å². The maximum atomic E-state index is 5.93. The van der Waals surface area contributed by atoms with Crippen molar-refractivity contribution in [3.8, 4) is 0 Å². The van der Waals surface area contributed by atoms with Crippen LogP contribution < -0.4 is 0 Å². The minimum Gasteiger partial charge on any atom is -0.362 e. The summed E-state index contributed by atoms with van der Waals surface area (Å²) in [6.45, 7) is 0.424. The lowest BCUT2D eigenvalue weighted by molar-refractivity contribution is 0.124. The standard InChI is InChI=1S/C9H9ClN2O/c1-13-6-12-8-5-3-2-4-7(8)9(10)11-12/h2-5H,6H2,1H3. The molecule has 4 heteroatoms. The fraction of sp³-hybridized carbons (Fsp3) is 0.222. The molecule has 0 unspecified atom stereocenters. The molecule has 0 aliphatic carbocycles. The van der Waals surface area contributed by atoms with Crippen LogP contribution in [-0.2, 0) is 11.5 Å². The van der Waals surface area contributed by atoms with Gasteiger partial charge in [0.1, 0.15) is 6.73 Å². The second-order valence-corrected chi connectivity index (χ2v) is 3.08. The van der Waals surface area contributed by atoms with Crippen LogP contribution in [0.5, 0.6) is 0 Å². The molecular formula is C9H9ClN2O. The van der Waals surface area contributed by atoms with E-state index in [1.807, 2.05) is 24.3 Å². The third-order valence-corrected chi connectivity index (χ3v) is 2.14. The highest BCUT2D eigenvalue weighted by Gasteiger charge is 2.06. The van der Waals surface area contributed by atoms with Crippen LogP contribution in [0.1, 0.15) is 0 Å². The summed E-state index contributed by atoms with van der Waals surface area (Å²) in [5.41, 5.74) is 0.995. The molecule has 0 saturated carbocycles. The second-order valence-electron chi connectivity index (χ2n) is 2.73. The minimum absolute atomic E-state index is 0.424. The summed E-state index contributed by atoms with van der Waals surface area (Å²) in [4.78, 5) is 0. The molecule has 0 spiro atoms. The molecule has 0 bridgehead atoms. The molecule has 0 atom stereocenters. The number of hydrogen-bond donors (Lipinski definition) is 0. The number of aromatic nitrogens is 2. The molecule has 2 aromatic rings. The number of benzene rings is 1. The maximum absolute atomic E-state index is 5.93. The quantitative estimate of drug-likeness (QED) is 0.737. The zero-order chi connectivity index (χ0) is 9.26. The molecule has 0 N–H and O–H groups in total. The van der Waals surface area contributed by atoms with Crippen LogP contribution in [0.2, 0.25) is 5.15 Å². The number of hydrogen-bond acceptors (Lipinski definition) is 2. The maximum Gasteiger partial charge on any atom is 0.159 e. The van der Waals surface area contributed by atoms with E-state index in [2.05, 4.69) is 5.10 Å².